The average molecular weight is 420 g/mol. The second-order valence-corrected chi connectivity index (χ2v) is 8.70. The predicted molar refractivity (Wildman–Crippen MR) is 121 cm³/mol. The van der Waals surface area contributed by atoms with E-state index in [4.69, 9.17) is 4.98 Å². The van der Waals surface area contributed by atoms with Gasteiger partial charge in [-0.15, -0.1) is 0 Å². The maximum atomic E-state index is 13.0. The van der Waals surface area contributed by atoms with E-state index >= 15 is 0 Å². The summed E-state index contributed by atoms with van der Waals surface area (Å²) >= 11 is 0. The Morgan fingerprint density at radius 2 is 2.03 bits per heavy atom. The quantitative estimate of drug-likeness (QED) is 0.761. The van der Waals surface area contributed by atoms with Crippen LogP contribution in [0.3, 0.4) is 0 Å². The number of fused-ring (bicyclic) bond motifs is 1. The molecule has 0 bridgehead atoms. The minimum absolute atomic E-state index is 0.0776. The standard InChI is InChI=1S/C23H29N7O/c1-17-4-6-18(7-5-17)20-14-25-21-15-26-30(23(21)27-20)16-22(31)29-11-9-28(10-12-29)19-3-2-8-24-13-19/h3,6,13-15,17H,2,4-5,7-12,16H2,1H3. The van der Waals surface area contributed by atoms with Gasteiger partial charge in [0, 0.05) is 38.9 Å². The van der Waals surface area contributed by atoms with Crippen LogP contribution in [0.4, 0.5) is 0 Å². The van der Waals surface area contributed by atoms with Gasteiger partial charge >= 0.3 is 0 Å². The lowest BCUT2D eigenvalue weighted by Crippen LogP contribution is -2.49. The van der Waals surface area contributed by atoms with Gasteiger partial charge in [0.2, 0.25) is 5.91 Å². The fourth-order valence-electron chi connectivity index (χ4n) is 4.47. The fourth-order valence-corrected chi connectivity index (χ4v) is 4.47. The van der Waals surface area contributed by atoms with Gasteiger partial charge in [0.1, 0.15) is 12.1 Å². The molecule has 5 rings (SSSR count). The first kappa shape index (κ1) is 19.9. The number of rotatable bonds is 4. The number of hydrogen-bond acceptors (Lipinski definition) is 6. The first-order chi connectivity index (χ1) is 15.2. The highest BCUT2D eigenvalue weighted by Crippen LogP contribution is 2.29. The van der Waals surface area contributed by atoms with Gasteiger partial charge in [0.25, 0.3) is 0 Å². The molecular weight excluding hydrogens is 390 g/mol. The molecule has 2 aromatic heterocycles. The van der Waals surface area contributed by atoms with Crippen LogP contribution in [0.5, 0.6) is 0 Å². The zero-order valence-corrected chi connectivity index (χ0v) is 18.1. The summed E-state index contributed by atoms with van der Waals surface area (Å²) in [6.45, 7) is 6.45. The lowest BCUT2D eigenvalue weighted by molar-refractivity contribution is -0.133. The third-order valence-corrected chi connectivity index (χ3v) is 6.47. The molecule has 1 amide bonds. The highest BCUT2D eigenvalue weighted by Gasteiger charge is 2.23. The van der Waals surface area contributed by atoms with Crippen LogP contribution in [0.2, 0.25) is 0 Å². The number of hydrogen-bond donors (Lipinski definition) is 0. The third kappa shape index (κ3) is 4.24. The number of allylic oxidation sites excluding steroid dienone is 3. The Hall–Kier alpha value is -3.03. The van der Waals surface area contributed by atoms with E-state index in [0.717, 1.165) is 56.0 Å². The van der Waals surface area contributed by atoms with Crippen molar-refractivity contribution in [1.29, 1.82) is 0 Å². The van der Waals surface area contributed by atoms with E-state index in [0.29, 0.717) is 18.7 Å². The summed E-state index contributed by atoms with van der Waals surface area (Å²) in [4.78, 5) is 30.9. The summed E-state index contributed by atoms with van der Waals surface area (Å²) in [5, 5.41) is 4.40. The van der Waals surface area contributed by atoms with E-state index < -0.39 is 0 Å². The lowest BCUT2D eigenvalue weighted by Gasteiger charge is -2.36. The van der Waals surface area contributed by atoms with Gasteiger partial charge in [-0.2, -0.15) is 5.10 Å². The Labute approximate surface area is 182 Å². The number of carbonyl (C=O) groups is 1. The van der Waals surface area contributed by atoms with E-state index in [-0.39, 0.29) is 12.5 Å². The van der Waals surface area contributed by atoms with Gasteiger partial charge in [-0.3, -0.25) is 9.79 Å². The highest BCUT2D eigenvalue weighted by molar-refractivity contribution is 5.80. The van der Waals surface area contributed by atoms with E-state index in [2.05, 4.69) is 39.1 Å². The summed E-state index contributed by atoms with van der Waals surface area (Å²) < 4.78 is 1.70. The van der Waals surface area contributed by atoms with Gasteiger partial charge in [0.15, 0.2) is 5.65 Å². The number of nitrogens with zero attached hydrogens (tertiary/aromatic N) is 7. The molecule has 0 aromatic carbocycles. The molecule has 8 heteroatoms. The molecule has 1 unspecified atom stereocenters. The van der Waals surface area contributed by atoms with Crippen molar-refractivity contribution in [3.05, 3.63) is 35.9 Å². The van der Waals surface area contributed by atoms with Crippen LogP contribution in [0.15, 0.2) is 35.2 Å². The number of aromatic nitrogens is 4. The Balaban J connectivity index is 1.26. The normalized spacial score (nSPS) is 21.9. The molecular formula is C23H29N7O. The largest absolute Gasteiger partial charge is 0.367 e. The average Bonchev–Trinajstić information content (AvgIpc) is 3.22. The van der Waals surface area contributed by atoms with Crippen LogP contribution in [-0.2, 0) is 11.3 Å². The first-order valence-corrected chi connectivity index (χ1v) is 11.3. The molecule has 2 aromatic rings. The maximum absolute atomic E-state index is 13.0. The van der Waals surface area contributed by atoms with Crippen molar-refractivity contribution in [2.24, 2.45) is 10.9 Å². The highest BCUT2D eigenvalue weighted by atomic mass is 16.2. The van der Waals surface area contributed by atoms with Gasteiger partial charge in [-0.25, -0.2) is 14.6 Å². The molecule has 1 aliphatic carbocycles. The summed E-state index contributed by atoms with van der Waals surface area (Å²) in [5.41, 5.74) is 4.76. The van der Waals surface area contributed by atoms with Crippen molar-refractivity contribution < 1.29 is 4.79 Å². The summed E-state index contributed by atoms with van der Waals surface area (Å²) in [7, 11) is 0. The number of piperazine rings is 1. The van der Waals surface area contributed by atoms with E-state index in [1.165, 1.54) is 17.7 Å². The van der Waals surface area contributed by atoms with Crippen LogP contribution in [-0.4, -0.2) is 74.4 Å². The molecule has 3 aliphatic rings. The molecule has 8 nitrogen and oxygen atoms in total. The molecule has 0 saturated carbocycles. The SMILES string of the molecule is CC1CC=C(c2cnc3cnn(CC(=O)N4CCN(C5=CCCN=C5)CC4)c3n2)CC1. The van der Waals surface area contributed by atoms with Gasteiger partial charge in [-0.05, 0) is 37.2 Å². The van der Waals surface area contributed by atoms with Crippen LogP contribution in [0, 0.1) is 5.92 Å². The Bertz CT molecular complexity index is 1060. The zero-order valence-electron chi connectivity index (χ0n) is 18.1. The van der Waals surface area contributed by atoms with Crippen molar-refractivity contribution in [2.75, 3.05) is 32.7 Å². The Morgan fingerprint density at radius 3 is 2.77 bits per heavy atom. The molecule has 162 valence electrons. The molecule has 1 saturated heterocycles. The zero-order chi connectivity index (χ0) is 21.2. The fraction of sp³-hybridized carbons (Fsp3) is 0.522. The summed E-state index contributed by atoms with van der Waals surface area (Å²) in [5.74, 6) is 0.805. The van der Waals surface area contributed by atoms with Crippen LogP contribution in [0.1, 0.15) is 38.3 Å². The topological polar surface area (TPSA) is 79.5 Å². The minimum Gasteiger partial charge on any atom is -0.367 e. The van der Waals surface area contributed by atoms with Crippen molar-refractivity contribution in [1.82, 2.24) is 29.5 Å². The summed E-state index contributed by atoms with van der Waals surface area (Å²) in [6.07, 6.45) is 14.3. The molecule has 0 radical (unpaired) electrons. The van der Waals surface area contributed by atoms with Gasteiger partial charge in [0.05, 0.1) is 23.8 Å². The third-order valence-electron chi connectivity index (χ3n) is 6.47. The maximum Gasteiger partial charge on any atom is 0.244 e. The Kier molecular flexibility index (Phi) is 5.53. The van der Waals surface area contributed by atoms with Crippen LogP contribution < -0.4 is 0 Å². The molecule has 2 aliphatic heterocycles. The molecule has 0 N–H and O–H groups in total. The molecule has 4 heterocycles. The first-order valence-electron chi connectivity index (χ1n) is 11.3. The van der Waals surface area contributed by atoms with Gasteiger partial charge in [-0.1, -0.05) is 19.1 Å². The van der Waals surface area contributed by atoms with E-state index in [1.54, 1.807) is 10.9 Å². The molecule has 1 fully saturated rings. The second-order valence-electron chi connectivity index (χ2n) is 8.70. The molecule has 31 heavy (non-hydrogen) atoms. The van der Waals surface area contributed by atoms with Crippen molar-refractivity contribution in [3.63, 3.8) is 0 Å². The molecule has 1 atom stereocenters. The van der Waals surface area contributed by atoms with E-state index in [9.17, 15) is 4.79 Å². The second kappa shape index (κ2) is 8.61. The molecule has 0 spiro atoms. The monoisotopic (exact) mass is 419 g/mol. The lowest BCUT2D eigenvalue weighted by atomic mass is 9.90. The number of dihydropyridines is 1. The minimum atomic E-state index is 0.0776. The number of amides is 1. The Morgan fingerprint density at radius 1 is 1.16 bits per heavy atom. The van der Waals surface area contributed by atoms with E-state index in [1.807, 2.05) is 17.3 Å². The van der Waals surface area contributed by atoms with Crippen LogP contribution in [0.25, 0.3) is 16.7 Å². The predicted octanol–water partition coefficient (Wildman–Crippen LogP) is 2.53. The summed E-state index contributed by atoms with van der Waals surface area (Å²) in [6, 6.07) is 0. The number of aliphatic imine (C=N–C) groups is 1. The smallest absolute Gasteiger partial charge is 0.244 e. The van der Waals surface area contributed by atoms with Crippen molar-refractivity contribution >= 4 is 28.9 Å². The van der Waals surface area contributed by atoms with Crippen LogP contribution >= 0.6 is 0 Å². The van der Waals surface area contributed by atoms with Crippen molar-refractivity contribution in [2.45, 2.75) is 39.2 Å². The number of carbonyl (C=O) groups excluding carboxylic acids is 1. The van der Waals surface area contributed by atoms with Gasteiger partial charge < -0.3 is 9.80 Å². The van der Waals surface area contributed by atoms with Crippen molar-refractivity contribution in [3.8, 4) is 0 Å².